The molecule has 1 aliphatic rings. The molecule has 0 aromatic carbocycles. The van der Waals surface area contributed by atoms with Gasteiger partial charge < -0.3 is 4.79 Å². The van der Waals surface area contributed by atoms with Crippen molar-refractivity contribution in [2.45, 2.75) is 26.7 Å². The van der Waals surface area contributed by atoms with Gasteiger partial charge in [-0.25, -0.2) is 0 Å². The molecule has 0 saturated heterocycles. The minimum atomic E-state index is 0.321. The zero-order valence-electron chi connectivity index (χ0n) is 5.48. The lowest BCUT2D eigenvalue weighted by atomic mass is 9.63. The molecule has 0 aromatic rings. The first kappa shape index (κ1) is 5.80. The number of rotatable bonds is 1. The van der Waals surface area contributed by atoms with Crippen molar-refractivity contribution in [3.8, 4) is 0 Å². The standard InChI is InChI=1S/C7H12O/c1-7(2)4-3-6(7)5-8/h5-6H,3-4H2,1-2H3. The van der Waals surface area contributed by atoms with E-state index in [2.05, 4.69) is 13.8 Å². The first-order chi connectivity index (χ1) is 3.67. The quantitative estimate of drug-likeness (QED) is 0.471. The summed E-state index contributed by atoms with van der Waals surface area (Å²) >= 11 is 0. The average molecular weight is 112 g/mol. The molecular formula is C7H12O. The monoisotopic (exact) mass is 112 g/mol. The molecule has 0 spiro atoms. The molecule has 1 nitrogen and oxygen atoms in total. The predicted molar refractivity (Wildman–Crippen MR) is 32.6 cm³/mol. The smallest absolute Gasteiger partial charge is 0.123 e. The highest BCUT2D eigenvalue weighted by Crippen LogP contribution is 2.44. The molecule has 0 aromatic heterocycles. The normalized spacial score (nSPS) is 33.5. The van der Waals surface area contributed by atoms with Crippen LogP contribution in [0.4, 0.5) is 0 Å². The van der Waals surface area contributed by atoms with Crippen LogP contribution in [0.1, 0.15) is 26.7 Å². The van der Waals surface area contributed by atoms with Crippen LogP contribution in [0.25, 0.3) is 0 Å². The Morgan fingerprint density at radius 1 is 1.62 bits per heavy atom. The molecule has 0 aliphatic heterocycles. The van der Waals surface area contributed by atoms with Crippen molar-refractivity contribution in [3.63, 3.8) is 0 Å². The second-order valence-electron chi connectivity index (χ2n) is 3.27. The van der Waals surface area contributed by atoms with E-state index in [1.807, 2.05) is 0 Å². The minimum absolute atomic E-state index is 0.321. The van der Waals surface area contributed by atoms with Crippen LogP contribution in [0.2, 0.25) is 0 Å². The van der Waals surface area contributed by atoms with Gasteiger partial charge in [-0.15, -0.1) is 0 Å². The summed E-state index contributed by atoms with van der Waals surface area (Å²) in [4.78, 5) is 10.2. The van der Waals surface area contributed by atoms with Gasteiger partial charge in [0.05, 0.1) is 0 Å². The van der Waals surface area contributed by atoms with Crippen molar-refractivity contribution < 1.29 is 4.79 Å². The summed E-state index contributed by atoms with van der Waals surface area (Å²) in [6.45, 7) is 4.30. The van der Waals surface area contributed by atoms with Crippen LogP contribution in [0.3, 0.4) is 0 Å². The van der Waals surface area contributed by atoms with Gasteiger partial charge in [-0.05, 0) is 18.3 Å². The molecule has 1 fully saturated rings. The van der Waals surface area contributed by atoms with Crippen LogP contribution < -0.4 is 0 Å². The summed E-state index contributed by atoms with van der Waals surface area (Å²) < 4.78 is 0. The van der Waals surface area contributed by atoms with Crippen LogP contribution >= 0.6 is 0 Å². The first-order valence-electron chi connectivity index (χ1n) is 3.12. The lowest BCUT2D eigenvalue weighted by Gasteiger charge is -2.40. The lowest BCUT2D eigenvalue weighted by molar-refractivity contribution is -0.119. The fourth-order valence-corrected chi connectivity index (χ4v) is 1.14. The second kappa shape index (κ2) is 1.57. The van der Waals surface area contributed by atoms with Crippen molar-refractivity contribution in [1.82, 2.24) is 0 Å². The van der Waals surface area contributed by atoms with E-state index in [1.54, 1.807) is 0 Å². The molecule has 1 atom stereocenters. The third-order valence-electron chi connectivity index (χ3n) is 2.27. The molecular weight excluding hydrogens is 100 g/mol. The predicted octanol–water partition coefficient (Wildman–Crippen LogP) is 1.62. The number of carbonyl (C=O) groups is 1. The van der Waals surface area contributed by atoms with Crippen LogP contribution in [-0.4, -0.2) is 6.29 Å². The van der Waals surface area contributed by atoms with Crippen LogP contribution in [0.5, 0.6) is 0 Å². The van der Waals surface area contributed by atoms with Crippen molar-refractivity contribution in [2.24, 2.45) is 11.3 Å². The molecule has 0 radical (unpaired) electrons. The van der Waals surface area contributed by atoms with E-state index in [9.17, 15) is 4.79 Å². The van der Waals surface area contributed by atoms with Gasteiger partial charge in [0, 0.05) is 5.92 Å². The number of carbonyl (C=O) groups excluding carboxylic acids is 1. The minimum Gasteiger partial charge on any atom is -0.303 e. The van der Waals surface area contributed by atoms with E-state index < -0.39 is 0 Å². The van der Waals surface area contributed by atoms with E-state index in [4.69, 9.17) is 0 Å². The van der Waals surface area contributed by atoms with Crippen molar-refractivity contribution >= 4 is 6.29 Å². The van der Waals surface area contributed by atoms with Crippen LogP contribution in [0.15, 0.2) is 0 Å². The average Bonchev–Trinajstić information content (AvgIpc) is 1.66. The Balaban J connectivity index is 2.49. The molecule has 1 unspecified atom stereocenters. The molecule has 1 rings (SSSR count). The lowest BCUT2D eigenvalue weighted by Crippen LogP contribution is -2.35. The maximum Gasteiger partial charge on any atom is 0.123 e. The summed E-state index contributed by atoms with van der Waals surface area (Å²) in [7, 11) is 0. The largest absolute Gasteiger partial charge is 0.303 e. The highest BCUT2D eigenvalue weighted by Gasteiger charge is 2.37. The molecule has 0 amide bonds. The second-order valence-corrected chi connectivity index (χ2v) is 3.27. The highest BCUT2D eigenvalue weighted by molar-refractivity contribution is 5.56. The Morgan fingerprint density at radius 2 is 2.25 bits per heavy atom. The van der Waals surface area contributed by atoms with Crippen molar-refractivity contribution in [2.75, 3.05) is 0 Å². The van der Waals surface area contributed by atoms with Gasteiger partial charge in [-0.2, -0.15) is 0 Å². The molecule has 1 aliphatic carbocycles. The highest BCUT2D eigenvalue weighted by atomic mass is 16.1. The Bertz CT molecular complexity index is 105. The van der Waals surface area contributed by atoms with Crippen molar-refractivity contribution in [1.29, 1.82) is 0 Å². The molecule has 1 saturated carbocycles. The summed E-state index contributed by atoms with van der Waals surface area (Å²) in [5, 5.41) is 0. The Hall–Kier alpha value is -0.330. The van der Waals surface area contributed by atoms with Gasteiger partial charge >= 0.3 is 0 Å². The summed E-state index contributed by atoms with van der Waals surface area (Å²) in [6.07, 6.45) is 3.41. The maximum atomic E-state index is 10.2. The van der Waals surface area contributed by atoms with E-state index in [-0.39, 0.29) is 0 Å². The van der Waals surface area contributed by atoms with Crippen LogP contribution in [-0.2, 0) is 4.79 Å². The molecule has 8 heavy (non-hydrogen) atoms. The van der Waals surface area contributed by atoms with E-state index >= 15 is 0 Å². The SMILES string of the molecule is CC1(C)CCC1C=O. The molecule has 0 bridgehead atoms. The van der Waals surface area contributed by atoms with E-state index in [0.717, 1.165) is 12.7 Å². The van der Waals surface area contributed by atoms with Gasteiger partial charge in [0.15, 0.2) is 0 Å². The number of aldehydes is 1. The zero-order chi connectivity index (χ0) is 6.20. The Kier molecular flexibility index (Phi) is 1.14. The van der Waals surface area contributed by atoms with Gasteiger partial charge in [0.1, 0.15) is 6.29 Å². The molecule has 1 heteroatoms. The zero-order valence-corrected chi connectivity index (χ0v) is 5.48. The molecule has 46 valence electrons. The summed E-state index contributed by atoms with van der Waals surface area (Å²) in [5.41, 5.74) is 0.321. The topological polar surface area (TPSA) is 17.1 Å². The number of hydrogen-bond donors (Lipinski definition) is 0. The van der Waals surface area contributed by atoms with Gasteiger partial charge in [0.2, 0.25) is 0 Å². The first-order valence-corrected chi connectivity index (χ1v) is 3.12. The third kappa shape index (κ3) is 0.662. The Labute approximate surface area is 50.1 Å². The maximum absolute atomic E-state index is 10.2. The fraction of sp³-hybridized carbons (Fsp3) is 0.857. The summed E-state index contributed by atoms with van der Waals surface area (Å²) in [6, 6.07) is 0. The third-order valence-corrected chi connectivity index (χ3v) is 2.27. The summed E-state index contributed by atoms with van der Waals surface area (Å²) in [5.74, 6) is 0.350. The van der Waals surface area contributed by atoms with Crippen LogP contribution in [0, 0.1) is 11.3 Å². The fourth-order valence-electron chi connectivity index (χ4n) is 1.14. The number of hydrogen-bond acceptors (Lipinski definition) is 1. The van der Waals surface area contributed by atoms with Gasteiger partial charge in [-0.3, -0.25) is 0 Å². The van der Waals surface area contributed by atoms with E-state index in [0.29, 0.717) is 11.3 Å². The Morgan fingerprint density at radius 3 is 2.25 bits per heavy atom. The molecule has 0 N–H and O–H groups in total. The van der Waals surface area contributed by atoms with Crippen molar-refractivity contribution in [3.05, 3.63) is 0 Å². The molecule has 0 heterocycles. The van der Waals surface area contributed by atoms with E-state index in [1.165, 1.54) is 6.42 Å². The van der Waals surface area contributed by atoms with Gasteiger partial charge in [-0.1, -0.05) is 13.8 Å². The van der Waals surface area contributed by atoms with Gasteiger partial charge in [0.25, 0.3) is 0 Å².